The Bertz CT molecular complexity index is 1290. The molecule has 2 N–H and O–H groups in total. The second kappa shape index (κ2) is 7.81. The van der Waals surface area contributed by atoms with Gasteiger partial charge < -0.3 is 20.0 Å². The van der Waals surface area contributed by atoms with E-state index in [0.29, 0.717) is 21.8 Å². The maximum atomic E-state index is 12.8. The number of aromatic hydroxyl groups is 2. The van der Waals surface area contributed by atoms with Crippen molar-refractivity contribution in [1.82, 2.24) is 19.8 Å². The highest BCUT2D eigenvalue weighted by molar-refractivity contribution is 6.14. The smallest absolute Gasteiger partial charge is 0.257 e. The van der Waals surface area contributed by atoms with E-state index in [-0.39, 0.29) is 33.8 Å². The fraction of sp³-hybridized carbons (Fsp3) is 0.167. The highest BCUT2D eigenvalue weighted by Crippen LogP contribution is 2.46. The maximum absolute atomic E-state index is 12.8. The van der Waals surface area contributed by atoms with Gasteiger partial charge in [-0.05, 0) is 24.3 Å². The third-order valence-electron chi connectivity index (χ3n) is 5.26. The van der Waals surface area contributed by atoms with E-state index in [1.54, 1.807) is 77.0 Å². The van der Waals surface area contributed by atoms with Gasteiger partial charge in [-0.25, -0.2) is 0 Å². The first-order chi connectivity index (χ1) is 15.2. The van der Waals surface area contributed by atoms with Crippen LogP contribution in [0.3, 0.4) is 0 Å². The number of rotatable bonds is 3. The Kier molecular flexibility index (Phi) is 5.14. The molecule has 2 heterocycles. The zero-order valence-corrected chi connectivity index (χ0v) is 18.1. The zero-order valence-electron chi connectivity index (χ0n) is 18.1. The van der Waals surface area contributed by atoms with Gasteiger partial charge >= 0.3 is 0 Å². The molecular formula is C24H22N4O4. The highest BCUT2D eigenvalue weighted by Gasteiger charge is 2.27. The number of fused-ring (bicyclic) bond motifs is 2. The van der Waals surface area contributed by atoms with Crippen molar-refractivity contribution in [2.75, 3.05) is 28.2 Å². The molecule has 0 bridgehead atoms. The predicted octanol–water partition coefficient (Wildman–Crippen LogP) is 3.26. The van der Waals surface area contributed by atoms with Crippen molar-refractivity contribution in [3.63, 3.8) is 0 Å². The number of aromatic nitrogens is 2. The molecule has 8 heteroatoms. The van der Waals surface area contributed by atoms with Crippen molar-refractivity contribution in [1.29, 1.82) is 0 Å². The van der Waals surface area contributed by atoms with E-state index in [1.807, 2.05) is 0 Å². The molecule has 2 aromatic heterocycles. The molecular weight excluding hydrogens is 408 g/mol. The molecule has 0 aliphatic rings. The molecule has 0 unspecified atom stereocenters. The van der Waals surface area contributed by atoms with Crippen molar-refractivity contribution in [2.45, 2.75) is 0 Å². The van der Waals surface area contributed by atoms with E-state index in [0.717, 1.165) is 0 Å². The van der Waals surface area contributed by atoms with Crippen LogP contribution in [0.15, 0.2) is 48.8 Å². The number of amides is 2. The molecule has 0 spiro atoms. The van der Waals surface area contributed by atoms with E-state index >= 15 is 0 Å². The van der Waals surface area contributed by atoms with Crippen LogP contribution in [0.2, 0.25) is 0 Å². The van der Waals surface area contributed by atoms with E-state index in [2.05, 4.69) is 9.97 Å². The number of carbonyl (C=O) groups is 2. The Morgan fingerprint density at radius 2 is 1.09 bits per heavy atom. The summed E-state index contributed by atoms with van der Waals surface area (Å²) in [6.07, 6.45) is 3.11. The Labute approximate surface area is 184 Å². The molecule has 0 aliphatic heterocycles. The van der Waals surface area contributed by atoms with Gasteiger partial charge in [0.15, 0.2) is 0 Å². The van der Waals surface area contributed by atoms with Crippen LogP contribution in [0.4, 0.5) is 0 Å². The molecule has 8 nitrogen and oxygen atoms in total. The Hall–Kier alpha value is -4.20. The van der Waals surface area contributed by atoms with Gasteiger partial charge in [0.2, 0.25) is 0 Å². The van der Waals surface area contributed by atoms with Crippen LogP contribution in [0.5, 0.6) is 11.5 Å². The van der Waals surface area contributed by atoms with Crippen molar-refractivity contribution in [3.05, 3.63) is 59.9 Å². The second-order valence-corrected chi connectivity index (χ2v) is 7.84. The lowest BCUT2D eigenvalue weighted by molar-refractivity contribution is 0.0817. The van der Waals surface area contributed by atoms with Gasteiger partial charge in [0, 0.05) is 51.4 Å². The molecule has 0 radical (unpaired) electrons. The van der Waals surface area contributed by atoms with Gasteiger partial charge in [0.1, 0.15) is 11.5 Å². The minimum absolute atomic E-state index is 0.0540. The van der Waals surface area contributed by atoms with Gasteiger partial charge in [0.25, 0.3) is 11.8 Å². The number of hydrogen-bond acceptors (Lipinski definition) is 6. The standard InChI is InChI=1S/C24H22N4O4/c1-27(2)23(31)15-11-13-7-5-9-25-19(13)17(21(15)29)18-20-14(8-6-10-26-20)12-16(22(18)30)24(32)28(3)4/h5-12,29-30H,1-4H3. The average molecular weight is 430 g/mol. The van der Waals surface area contributed by atoms with Gasteiger partial charge in [-0.2, -0.15) is 0 Å². The minimum atomic E-state index is -0.410. The summed E-state index contributed by atoms with van der Waals surface area (Å²) in [7, 11) is 6.33. The van der Waals surface area contributed by atoms with Crippen molar-refractivity contribution in [2.24, 2.45) is 0 Å². The minimum Gasteiger partial charge on any atom is -0.506 e. The van der Waals surface area contributed by atoms with Gasteiger partial charge in [-0.1, -0.05) is 12.1 Å². The Morgan fingerprint density at radius 1 is 0.719 bits per heavy atom. The lowest BCUT2D eigenvalue weighted by Gasteiger charge is -2.19. The lowest BCUT2D eigenvalue weighted by Crippen LogP contribution is -2.22. The fourth-order valence-electron chi connectivity index (χ4n) is 3.71. The maximum Gasteiger partial charge on any atom is 0.257 e. The SMILES string of the molecule is CN(C)C(=O)c1cc2cccnc2c(-c2c(O)c(C(=O)N(C)C)cc3cccnc23)c1O. The molecule has 162 valence electrons. The van der Waals surface area contributed by atoms with Gasteiger partial charge in [-0.3, -0.25) is 19.6 Å². The third-order valence-corrected chi connectivity index (χ3v) is 5.26. The Morgan fingerprint density at radius 3 is 1.44 bits per heavy atom. The van der Waals surface area contributed by atoms with Crippen LogP contribution >= 0.6 is 0 Å². The highest BCUT2D eigenvalue weighted by atomic mass is 16.3. The van der Waals surface area contributed by atoms with Crippen LogP contribution < -0.4 is 0 Å². The van der Waals surface area contributed by atoms with E-state index in [9.17, 15) is 19.8 Å². The van der Waals surface area contributed by atoms with Crippen molar-refractivity contribution < 1.29 is 19.8 Å². The number of benzene rings is 2. The number of hydrogen-bond donors (Lipinski definition) is 2. The summed E-state index contributed by atoms with van der Waals surface area (Å²) >= 11 is 0. The molecule has 0 atom stereocenters. The third kappa shape index (κ3) is 3.26. The van der Waals surface area contributed by atoms with Crippen molar-refractivity contribution >= 4 is 33.6 Å². The molecule has 32 heavy (non-hydrogen) atoms. The fourth-order valence-corrected chi connectivity index (χ4v) is 3.71. The number of pyridine rings is 2. The number of phenolic OH excluding ortho intramolecular Hbond substituents is 2. The van der Waals surface area contributed by atoms with E-state index < -0.39 is 11.8 Å². The number of carbonyl (C=O) groups excluding carboxylic acids is 2. The summed E-state index contributed by atoms with van der Waals surface area (Å²) < 4.78 is 0. The first-order valence-corrected chi connectivity index (χ1v) is 9.87. The van der Waals surface area contributed by atoms with Gasteiger partial charge in [-0.15, -0.1) is 0 Å². The van der Waals surface area contributed by atoms with E-state index in [4.69, 9.17) is 0 Å². The Balaban J connectivity index is 2.21. The first-order valence-electron chi connectivity index (χ1n) is 9.87. The molecule has 4 rings (SSSR count). The second-order valence-electron chi connectivity index (χ2n) is 7.84. The molecule has 2 amide bonds. The summed E-state index contributed by atoms with van der Waals surface area (Å²) in [6.45, 7) is 0. The summed E-state index contributed by atoms with van der Waals surface area (Å²) in [6, 6.07) is 10.1. The van der Waals surface area contributed by atoms with Crippen LogP contribution in [0, 0.1) is 0 Å². The monoisotopic (exact) mass is 430 g/mol. The number of nitrogens with zero attached hydrogens (tertiary/aromatic N) is 4. The first kappa shape index (κ1) is 21.0. The normalized spacial score (nSPS) is 11.0. The van der Waals surface area contributed by atoms with E-state index in [1.165, 1.54) is 9.80 Å². The lowest BCUT2D eigenvalue weighted by atomic mass is 9.92. The van der Waals surface area contributed by atoms with Crippen LogP contribution in [-0.2, 0) is 0 Å². The van der Waals surface area contributed by atoms with Crippen LogP contribution in [0.25, 0.3) is 32.9 Å². The largest absolute Gasteiger partial charge is 0.506 e. The zero-order chi connectivity index (χ0) is 23.2. The average Bonchev–Trinajstić information content (AvgIpc) is 2.78. The molecule has 0 saturated heterocycles. The molecule has 0 fully saturated rings. The summed E-state index contributed by atoms with van der Waals surface area (Å²) in [5.74, 6) is -1.50. The number of phenols is 2. The van der Waals surface area contributed by atoms with Crippen LogP contribution in [0.1, 0.15) is 20.7 Å². The molecule has 0 saturated carbocycles. The summed E-state index contributed by atoms with van der Waals surface area (Å²) in [5, 5.41) is 23.7. The van der Waals surface area contributed by atoms with Crippen LogP contribution in [-0.4, -0.2) is 70.0 Å². The summed E-state index contributed by atoms with van der Waals surface area (Å²) in [5.41, 5.74) is 1.14. The molecule has 2 aromatic carbocycles. The molecule has 4 aromatic rings. The van der Waals surface area contributed by atoms with Crippen molar-refractivity contribution in [3.8, 4) is 22.6 Å². The molecule has 0 aliphatic carbocycles. The summed E-state index contributed by atoms with van der Waals surface area (Å²) in [4.78, 5) is 37.1. The topological polar surface area (TPSA) is 107 Å². The predicted molar refractivity (Wildman–Crippen MR) is 122 cm³/mol. The van der Waals surface area contributed by atoms with Gasteiger partial charge in [0.05, 0.1) is 33.3 Å². The quantitative estimate of drug-likeness (QED) is 0.517.